The first-order valence-corrected chi connectivity index (χ1v) is 8.92. The van der Waals surface area contributed by atoms with Crippen LogP contribution in [0.2, 0.25) is 0 Å². The van der Waals surface area contributed by atoms with E-state index in [-0.39, 0.29) is 29.9 Å². The lowest BCUT2D eigenvalue weighted by Crippen LogP contribution is -2.14. The minimum absolute atomic E-state index is 0.0350. The average molecular weight is 378 g/mol. The molecule has 2 N–H and O–H groups in total. The lowest BCUT2D eigenvalue weighted by atomic mass is 10.3. The Bertz CT molecular complexity index is 918. The molecule has 0 atom stereocenters. The van der Waals surface area contributed by atoms with Gasteiger partial charge in [0, 0.05) is 7.11 Å². The van der Waals surface area contributed by atoms with Crippen LogP contribution in [0.25, 0.3) is 0 Å². The fourth-order valence-electron chi connectivity index (χ4n) is 1.85. The Kier molecular flexibility index (Phi) is 6.80. The minimum atomic E-state index is -3.99. The van der Waals surface area contributed by atoms with Gasteiger partial charge in [0.05, 0.1) is 7.11 Å². The molecule has 138 valence electrons. The number of nitrogens with zero attached hydrogens (tertiary/aromatic N) is 1. The number of pyridine rings is 1. The second kappa shape index (κ2) is 9.05. The van der Waals surface area contributed by atoms with Gasteiger partial charge in [-0.3, -0.25) is 0 Å². The molecule has 1 aromatic heterocycles. The molecule has 26 heavy (non-hydrogen) atoms. The summed E-state index contributed by atoms with van der Waals surface area (Å²) in [5.41, 5.74) is 0. The third-order valence-corrected chi connectivity index (χ3v) is 3.81. The van der Waals surface area contributed by atoms with Gasteiger partial charge in [0.15, 0.2) is 28.9 Å². The van der Waals surface area contributed by atoms with E-state index in [4.69, 9.17) is 24.1 Å². The molecule has 2 rings (SSSR count). The van der Waals surface area contributed by atoms with Gasteiger partial charge in [0.2, 0.25) is 0 Å². The number of benzene rings is 1. The number of ether oxygens (including phenoxy) is 4. The molecule has 0 unspecified atom stereocenters. The van der Waals surface area contributed by atoms with Crippen LogP contribution in [0, 0.1) is 11.8 Å². The van der Waals surface area contributed by atoms with Crippen LogP contribution >= 0.6 is 0 Å². The highest BCUT2D eigenvalue weighted by atomic mass is 32.2. The first-order valence-electron chi connectivity index (χ1n) is 7.38. The van der Waals surface area contributed by atoms with E-state index in [2.05, 4.69) is 16.8 Å². The van der Waals surface area contributed by atoms with Crippen molar-refractivity contribution in [3.8, 4) is 35.0 Å². The molecule has 1 aromatic carbocycles. The lowest BCUT2D eigenvalue weighted by molar-refractivity contribution is 0.239. The van der Waals surface area contributed by atoms with E-state index in [1.165, 1.54) is 26.4 Å². The smallest absolute Gasteiger partial charge is 0.259 e. The van der Waals surface area contributed by atoms with Crippen molar-refractivity contribution < 1.29 is 27.4 Å². The largest absolute Gasteiger partial charge is 0.493 e. The molecule has 1 heterocycles. The summed E-state index contributed by atoms with van der Waals surface area (Å²) in [5, 5.41) is 4.77. The van der Waals surface area contributed by atoms with Crippen molar-refractivity contribution in [2.45, 2.75) is 5.03 Å². The van der Waals surface area contributed by atoms with Crippen LogP contribution < -0.4 is 19.3 Å². The maximum Gasteiger partial charge on any atom is 0.259 e. The standard InChI is InChI=1S/C17H18N2O6S/c1-22-11-5-6-12-24-17-15(9-10-16(19-17)26(18,20)21)25-14-8-4-3-7-13(14)23-2/h3-4,7-10H,11-12H2,1-2H3,(H2,18,20,21). The quantitative estimate of drug-likeness (QED) is 0.728. The average Bonchev–Trinajstić information content (AvgIpc) is 2.62. The van der Waals surface area contributed by atoms with Gasteiger partial charge in [-0.1, -0.05) is 24.0 Å². The highest BCUT2D eigenvalue weighted by molar-refractivity contribution is 7.89. The van der Waals surface area contributed by atoms with Gasteiger partial charge in [-0.05, 0) is 24.3 Å². The molecule has 0 radical (unpaired) electrons. The molecular formula is C17H18N2O6S. The number of methoxy groups -OCH3 is 2. The molecule has 8 nitrogen and oxygen atoms in total. The van der Waals surface area contributed by atoms with E-state index in [9.17, 15) is 8.42 Å². The summed E-state index contributed by atoms with van der Waals surface area (Å²) in [4.78, 5) is 3.91. The van der Waals surface area contributed by atoms with Gasteiger partial charge in [-0.25, -0.2) is 13.6 Å². The van der Waals surface area contributed by atoms with E-state index >= 15 is 0 Å². The molecule has 0 amide bonds. The zero-order valence-corrected chi connectivity index (χ0v) is 15.1. The Morgan fingerprint density at radius 2 is 1.69 bits per heavy atom. The van der Waals surface area contributed by atoms with Crippen molar-refractivity contribution in [2.24, 2.45) is 5.14 Å². The topological polar surface area (TPSA) is 110 Å². The molecule has 0 aliphatic carbocycles. The summed E-state index contributed by atoms with van der Waals surface area (Å²) < 4.78 is 44.3. The highest BCUT2D eigenvalue weighted by Crippen LogP contribution is 2.35. The van der Waals surface area contributed by atoms with Gasteiger partial charge < -0.3 is 18.9 Å². The van der Waals surface area contributed by atoms with Gasteiger partial charge >= 0.3 is 0 Å². The summed E-state index contributed by atoms with van der Waals surface area (Å²) in [6, 6.07) is 9.59. The number of nitrogens with two attached hydrogens (primary N) is 1. The van der Waals surface area contributed by atoms with Crippen LogP contribution in [0.1, 0.15) is 0 Å². The second-order valence-corrected chi connectivity index (χ2v) is 6.33. The summed E-state index contributed by atoms with van der Waals surface area (Å²) in [7, 11) is -0.967. The molecule has 0 fully saturated rings. The molecule has 9 heteroatoms. The van der Waals surface area contributed by atoms with Crippen molar-refractivity contribution in [1.82, 2.24) is 4.98 Å². The highest BCUT2D eigenvalue weighted by Gasteiger charge is 2.17. The minimum Gasteiger partial charge on any atom is -0.493 e. The maximum absolute atomic E-state index is 11.5. The first kappa shape index (κ1) is 19.5. The van der Waals surface area contributed by atoms with Crippen molar-refractivity contribution >= 4 is 10.0 Å². The summed E-state index contributed by atoms with van der Waals surface area (Å²) in [5.74, 6) is 6.45. The number of para-hydroxylation sites is 2. The maximum atomic E-state index is 11.5. The van der Waals surface area contributed by atoms with Crippen LogP contribution in [-0.4, -0.2) is 40.8 Å². The predicted octanol–water partition coefficient (Wildman–Crippen LogP) is 1.56. The van der Waals surface area contributed by atoms with Gasteiger partial charge in [-0.15, -0.1) is 0 Å². The molecule has 0 bridgehead atoms. The molecule has 0 aliphatic rings. The van der Waals surface area contributed by atoms with E-state index in [0.717, 1.165) is 0 Å². The van der Waals surface area contributed by atoms with E-state index < -0.39 is 10.0 Å². The number of sulfonamides is 1. The van der Waals surface area contributed by atoms with Crippen molar-refractivity contribution in [2.75, 3.05) is 27.4 Å². The fourth-order valence-corrected chi connectivity index (χ4v) is 2.32. The zero-order valence-electron chi connectivity index (χ0n) is 14.3. The van der Waals surface area contributed by atoms with Gasteiger partial charge in [-0.2, -0.15) is 4.98 Å². The van der Waals surface area contributed by atoms with Crippen LogP contribution in [0.3, 0.4) is 0 Å². The van der Waals surface area contributed by atoms with E-state index in [1.807, 2.05) is 0 Å². The normalized spacial score (nSPS) is 10.6. The van der Waals surface area contributed by atoms with Crippen molar-refractivity contribution in [1.29, 1.82) is 0 Å². The Hall–Kier alpha value is -2.80. The van der Waals surface area contributed by atoms with Crippen LogP contribution in [0.15, 0.2) is 41.4 Å². The number of hydrogen-bond donors (Lipinski definition) is 1. The Morgan fingerprint density at radius 3 is 2.35 bits per heavy atom. The van der Waals surface area contributed by atoms with Crippen LogP contribution in [0.4, 0.5) is 0 Å². The monoisotopic (exact) mass is 378 g/mol. The predicted molar refractivity (Wildman–Crippen MR) is 93.8 cm³/mol. The summed E-state index contributed by atoms with van der Waals surface area (Å²) >= 11 is 0. The van der Waals surface area contributed by atoms with E-state index in [0.29, 0.717) is 11.5 Å². The zero-order chi connectivity index (χ0) is 19.0. The molecular weight excluding hydrogens is 360 g/mol. The third kappa shape index (κ3) is 5.35. The number of rotatable bonds is 7. The molecule has 0 saturated carbocycles. The molecule has 0 aliphatic heterocycles. The summed E-state index contributed by atoms with van der Waals surface area (Å²) in [6.07, 6.45) is 0. The summed E-state index contributed by atoms with van der Waals surface area (Å²) in [6.45, 7) is 0.214. The van der Waals surface area contributed by atoms with Crippen LogP contribution in [0.5, 0.6) is 23.1 Å². The van der Waals surface area contributed by atoms with Gasteiger partial charge in [0.25, 0.3) is 15.9 Å². The fraction of sp³-hybridized carbons (Fsp3) is 0.235. The SMILES string of the molecule is COCC#CCOc1nc(S(N)(=O)=O)ccc1Oc1ccccc1OC. The second-order valence-electron chi connectivity index (χ2n) is 4.83. The van der Waals surface area contributed by atoms with Crippen molar-refractivity contribution in [3.05, 3.63) is 36.4 Å². The first-order chi connectivity index (χ1) is 12.5. The Morgan fingerprint density at radius 1 is 1.00 bits per heavy atom. The number of primary sulfonamides is 1. The molecule has 2 aromatic rings. The Labute approximate surface area is 151 Å². The van der Waals surface area contributed by atoms with Gasteiger partial charge in [0.1, 0.15) is 6.61 Å². The third-order valence-electron chi connectivity index (χ3n) is 3.00. The number of aromatic nitrogens is 1. The van der Waals surface area contributed by atoms with E-state index in [1.54, 1.807) is 24.3 Å². The lowest BCUT2D eigenvalue weighted by Gasteiger charge is -2.13. The van der Waals surface area contributed by atoms with Crippen molar-refractivity contribution in [3.63, 3.8) is 0 Å². The van der Waals surface area contributed by atoms with Crippen LogP contribution in [-0.2, 0) is 14.8 Å². The number of hydrogen-bond acceptors (Lipinski definition) is 7. The molecule has 0 spiro atoms. The molecule has 0 saturated heterocycles. The Balaban J connectivity index is 2.33.